The van der Waals surface area contributed by atoms with Crippen LogP contribution in [0.25, 0.3) is 0 Å². The molecule has 3 rings (SSSR count). The summed E-state index contributed by atoms with van der Waals surface area (Å²) in [6.07, 6.45) is 0.875. The Bertz CT molecular complexity index is 760. The predicted octanol–water partition coefficient (Wildman–Crippen LogP) is 4.17. The topological polar surface area (TPSA) is 55.4 Å². The van der Waals surface area contributed by atoms with Crippen LogP contribution in [-0.2, 0) is 9.53 Å². The zero-order valence-corrected chi connectivity index (χ0v) is 14.2. The number of rotatable bonds is 5. The zero-order chi connectivity index (χ0) is 17.1. The Balaban J connectivity index is 1.82. The van der Waals surface area contributed by atoms with Gasteiger partial charge in [0.25, 0.3) is 5.91 Å². The van der Waals surface area contributed by atoms with Gasteiger partial charge < -0.3 is 10.1 Å². The van der Waals surface area contributed by atoms with Crippen LogP contribution < -0.4 is 5.32 Å². The minimum atomic E-state index is -1.02. The molecule has 6 heteroatoms. The maximum absolute atomic E-state index is 12.5. The zero-order valence-electron chi connectivity index (χ0n) is 12.7. The highest BCUT2D eigenvalue weighted by atomic mass is 35.5. The molecule has 2 aromatic carbocycles. The Labute approximate surface area is 149 Å². The van der Waals surface area contributed by atoms with Gasteiger partial charge in [0.2, 0.25) is 6.10 Å². The molecule has 0 bridgehead atoms. The molecule has 1 aliphatic rings. The van der Waals surface area contributed by atoms with Gasteiger partial charge >= 0.3 is 5.97 Å². The van der Waals surface area contributed by atoms with Crippen LogP contribution in [0.15, 0.2) is 48.5 Å². The van der Waals surface area contributed by atoms with Crippen LogP contribution in [0.2, 0.25) is 10.0 Å². The Kier molecular flexibility index (Phi) is 5.07. The van der Waals surface area contributed by atoms with Gasteiger partial charge in [0.05, 0.1) is 10.6 Å². The van der Waals surface area contributed by atoms with Crippen molar-refractivity contribution in [2.24, 2.45) is 0 Å². The molecule has 4 nitrogen and oxygen atoms in total. The van der Waals surface area contributed by atoms with E-state index in [1.54, 1.807) is 30.3 Å². The molecule has 2 aromatic rings. The number of hydrogen-bond acceptors (Lipinski definition) is 3. The molecule has 0 unspecified atom stereocenters. The van der Waals surface area contributed by atoms with Crippen molar-refractivity contribution in [3.8, 4) is 0 Å². The Morgan fingerprint density at radius 1 is 1.08 bits per heavy atom. The molecule has 0 radical (unpaired) electrons. The minimum absolute atomic E-state index is 0.168. The first-order chi connectivity index (χ1) is 11.5. The van der Waals surface area contributed by atoms with Gasteiger partial charge in [-0.25, -0.2) is 4.79 Å². The summed E-state index contributed by atoms with van der Waals surface area (Å²) in [5.41, 5.74) is 0.773. The molecule has 1 amide bonds. The molecule has 0 saturated heterocycles. The second kappa shape index (κ2) is 7.24. The van der Waals surface area contributed by atoms with Gasteiger partial charge in [-0.2, -0.15) is 0 Å². The van der Waals surface area contributed by atoms with Crippen LogP contribution in [0.3, 0.4) is 0 Å². The fourth-order valence-electron chi connectivity index (χ4n) is 2.23. The van der Waals surface area contributed by atoms with Crippen molar-refractivity contribution in [2.45, 2.75) is 25.0 Å². The minimum Gasteiger partial charge on any atom is -0.444 e. The molecular formula is C18H15Cl2NO3. The molecule has 1 fully saturated rings. The molecule has 0 aliphatic heterocycles. The van der Waals surface area contributed by atoms with Crippen molar-refractivity contribution >= 4 is 35.1 Å². The van der Waals surface area contributed by atoms with Crippen molar-refractivity contribution in [1.82, 2.24) is 5.32 Å². The summed E-state index contributed by atoms with van der Waals surface area (Å²) < 4.78 is 5.46. The van der Waals surface area contributed by atoms with Gasteiger partial charge in [0.15, 0.2) is 0 Å². The van der Waals surface area contributed by atoms with Gasteiger partial charge in [0.1, 0.15) is 0 Å². The number of halogens is 2. The summed E-state index contributed by atoms with van der Waals surface area (Å²) in [5, 5.41) is 3.46. The Hall–Kier alpha value is -2.04. The standard InChI is InChI=1S/C18H15Cl2NO3/c19-12-6-9-14(15(20)10-12)18(23)24-16(11-4-2-1-3-5-11)17(22)21-13-7-8-13/h1-6,9-10,13,16H,7-8H2,(H,21,22)/t16-/m0/s1. The SMILES string of the molecule is O=C(O[C@H](C(=O)NC1CC1)c1ccccc1)c1ccc(Cl)cc1Cl. The highest BCUT2D eigenvalue weighted by Gasteiger charge is 2.31. The number of amides is 1. The van der Waals surface area contributed by atoms with E-state index in [0.717, 1.165) is 12.8 Å². The lowest BCUT2D eigenvalue weighted by Crippen LogP contribution is -2.33. The van der Waals surface area contributed by atoms with Gasteiger partial charge in [-0.15, -0.1) is 0 Å². The summed E-state index contributed by atoms with van der Waals surface area (Å²) >= 11 is 11.9. The van der Waals surface area contributed by atoms with E-state index in [0.29, 0.717) is 10.6 Å². The van der Waals surface area contributed by atoms with Crippen LogP contribution in [0, 0.1) is 0 Å². The van der Waals surface area contributed by atoms with E-state index in [4.69, 9.17) is 27.9 Å². The molecule has 0 heterocycles. The summed E-state index contributed by atoms with van der Waals surface area (Å²) in [6.45, 7) is 0. The number of nitrogens with one attached hydrogen (secondary N) is 1. The fourth-order valence-corrected chi connectivity index (χ4v) is 2.72. The molecule has 0 spiro atoms. The van der Waals surface area contributed by atoms with E-state index in [1.165, 1.54) is 12.1 Å². The third-order valence-electron chi connectivity index (χ3n) is 3.64. The van der Waals surface area contributed by atoms with E-state index in [1.807, 2.05) is 6.07 Å². The number of carbonyl (C=O) groups excluding carboxylic acids is 2. The van der Waals surface area contributed by atoms with Gasteiger partial charge in [0, 0.05) is 16.6 Å². The van der Waals surface area contributed by atoms with Crippen molar-refractivity contribution in [3.63, 3.8) is 0 Å². The lowest BCUT2D eigenvalue weighted by atomic mass is 10.1. The van der Waals surface area contributed by atoms with Crippen LogP contribution in [0.4, 0.5) is 0 Å². The third kappa shape index (κ3) is 4.08. The van der Waals surface area contributed by atoms with Crippen LogP contribution >= 0.6 is 23.2 Å². The van der Waals surface area contributed by atoms with Crippen LogP contribution in [0.1, 0.15) is 34.9 Å². The molecule has 24 heavy (non-hydrogen) atoms. The maximum Gasteiger partial charge on any atom is 0.340 e. The first-order valence-corrected chi connectivity index (χ1v) is 8.31. The first kappa shape index (κ1) is 16.8. The van der Waals surface area contributed by atoms with E-state index >= 15 is 0 Å². The monoisotopic (exact) mass is 363 g/mol. The molecule has 0 aromatic heterocycles. The molecule has 124 valence electrons. The van der Waals surface area contributed by atoms with Crippen molar-refractivity contribution in [2.75, 3.05) is 0 Å². The number of benzene rings is 2. The molecule has 1 saturated carbocycles. The second-order valence-corrected chi connectivity index (χ2v) is 6.45. The molecular weight excluding hydrogens is 349 g/mol. The highest BCUT2D eigenvalue weighted by molar-refractivity contribution is 6.36. The Morgan fingerprint density at radius 2 is 1.79 bits per heavy atom. The largest absolute Gasteiger partial charge is 0.444 e. The first-order valence-electron chi connectivity index (χ1n) is 7.56. The summed E-state index contributed by atoms with van der Waals surface area (Å²) in [4.78, 5) is 24.9. The smallest absolute Gasteiger partial charge is 0.340 e. The van der Waals surface area contributed by atoms with Crippen LogP contribution in [0.5, 0.6) is 0 Å². The average molecular weight is 364 g/mol. The fraction of sp³-hybridized carbons (Fsp3) is 0.222. The highest BCUT2D eigenvalue weighted by Crippen LogP contribution is 2.26. The summed E-state index contributed by atoms with van der Waals surface area (Å²) in [7, 11) is 0. The lowest BCUT2D eigenvalue weighted by Gasteiger charge is -2.18. The Morgan fingerprint density at radius 3 is 2.42 bits per heavy atom. The van der Waals surface area contributed by atoms with E-state index < -0.39 is 12.1 Å². The van der Waals surface area contributed by atoms with E-state index in [2.05, 4.69) is 5.32 Å². The molecule has 1 atom stereocenters. The van der Waals surface area contributed by atoms with E-state index in [-0.39, 0.29) is 22.5 Å². The number of ether oxygens (including phenoxy) is 1. The van der Waals surface area contributed by atoms with Gasteiger partial charge in [-0.3, -0.25) is 4.79 Å². The number of carbonyl (C=O) groups is 2. The third-order valence-corrected chi connectivity index (χ3v) is 4.19. The summed E-state index contributed by atoms with van der Waals surface area (Å²) in [6, 6.07) is 13.5. The van der Waals surface area contributed by atoms with Crippen molar-refractivity contribution in [3.05, 3.63) is 69.7 Å². The quantitative estimate of drug-likeness (QED) is 0.811. The maximum atomic E-state index is 12.5. The lowest BCUT2D eigenvalue weighted by molar-refractivity contribution is -0.130. The predicted molar refractivity (Wildman–Crippen MR) is 92.2 cm³/mol. The molecule has 1 N–H and O–H groups in total. The second-order valence-electron chi connectivity index (χ2n) is 5.60. The molecule has 1 aliphatic carbocycles. The number of hydrogen-bond donors (Lipinski definition) is 1. The normalized spacial score (nSPS) is 14.8. The van der Waals surface area contributed by atoms with Gasteiger partial charge in [-0.1, -0.05) is 53.5 Å². The van der Waals surface area contributed by atoms with Crippen LogP contribution in [-0.4, -0.2) is 17.9 Å². The van der Waals surface area contributed by atoms with Gasteiger partial charge in [-0.05, 0) is 31.0 Å². The number of esters is 1. The average Bonchev–Trinajstić information content (AvgIpc) is 3.37. The van der Waals surface area contributed by atoms with Crippen molar-refractivity contribution < 1.29 is 14.3 Å². The van der Waals surface area contributed by atoms with Crippen molar-refractivity contribution in [1.29, 1.82) is 0 Å². The van der Waals surface area contributed by atoms with E-state index in [9.17, 15) is 9.59 Å². The summed E-state index contributed by atoms with van der Waals surface area (Å²) in [5.74, 6) is -1.00.